The summed E-state index contributed by atoms with van der Waals surface area (Å²) in [6.07, 6.45) is 6.04. The smallest absolute Gasteiger partial charge is 0.238 e. The van der Waals surface area contributed by atoms with Crippen molar-refractivity contribution in [3.8, 4) is 11.1 Å². The van der Waals surface area contributed by atoms with E-state index in [0.717, 1.165) is 77.9 Å². The molecule has 6 rings (SSSR count). The van der Waals surface area contributed by atoms with Gasteiger partial charge in [-0.2, -0.15) is 0 Å². The van der Waals surface area contributed by atoms with E-state index in [0.29, 0.717) is 12.6 Å². The summed E-state index contributed by atoms with van der Waals surface area (Å²) in [6.45, 7) is 7.06. The summed E-state index contributed by atoms with van der Waals surface area (Å²) in [4.78, 5) is 28.0. The molecule has 0 bridgehead atoms. The second-order valence-corrected chi connectivity index (χ2v) is 11.8. The first-order valence-corrected chi connectivity index (χ1v) is 15.4. The number of pyridine rings is 2. The molecule has 0 unspecified atom stereocenters. The number of carbonyl (C=O) groups is 1. The molecule has 8 heteroatoms. The second kappa shape index (κ2) is 11.9. The monoisotopic (exact) mass is 564 g/mol. The fourth-order valence-electron chi connectivity index (χ4n) is 5.94. The Morgan fingerprint density at radius 2 is 1.68 bits per heavy atom. The van der Waals surface area contributed by atoms with Gasteiger partial charge in [0.05, 0.1) is 18.4 Å². The van der Waals surface area contributed by atoms with Crippen LogP contribution in [0.25, 0.3) is 11.1 Å². The Bertz CT molecular complexity index is 1530. The molecule has 7 nitrogen and oxygen atoms in total. The Morgan fingerprint density at radius 1 is 0.951 bits per heavy atom. The van der Waals surface area contributed by atoms with E-state index in [9.17, 15) is 4.79 Å². The highest BCUT2D eigenvalue weighted by Crippen LogP contribution is 2.35. The molecule has 4 heterocycles. The van der Waals surface area contributed by atoms with Crippen LogP contribution in [0.1, 0.15) is 29.8 Å². The SMILES string of the molecule is CSc1ccc(-c2cc(N3CCC(N4CC(=O)Nc5ccccc5C4)CC3)ncc2Nc2cc(C)nc(C)c2)cc1. The van der Waals surface area contributed by atoms with E-state index in [1.165, 1.54) is 10.5 Å². The third-order valence-electron chi connectivity index (χ3n) is 7.97. The van der Waals surface area contributed by atoms with E-state index in [-0.39, 0.29) is 5.91 Å². The molecule has 0 aliphatic carbocycles. The quantitative estimate of drug-likeness (QED) is 0.254. The number of benzene rings is 2. The summed E-state index contributed by atoms with van der Waals surface area (Å²) in [5.74, 6) is 1.05. The Kier molecular flexibility index (Phi) is 7.94. The number of hydrogen-bond donors (Lipinski definition) is 2. The molecule has 4 aromatic rings. The summed E-state index contributed by atoms with van der Waals surface area (Å²) < 4.78 is 0. The average Bonchev–Trinajstić information content (AvgIpc) is 3.15. The standard InChI is InChI=1S/C33H36N6OS/c1-22-16-26(17-23(2)35-22)36-31-19-34-32(18-29(31)24-8-10-28(41-3)11-9-24)38-14-12-27(13-15-38)39-20-25-6-4-5-7-30(25)37-33(40)21-39/h4-11,16-19,27H,12-15,20-21H2,1-3H3,(H,35,36)(H,37,40). The van der Waals surface area contributed by atoms with Crippen molar-refractivity contribution in [3.05, 3.63) is 89.9 Å². The number of hydrogen-bond acceptors (Lipinski definition) is 7. The number of thioether (sulfide) groups is 1. The van der Waals surface area contributed by atoms with Crippen LogP contribution in [-0.2, 0) is 11.3 Å². The zero-order valence-electron chi connectivity index (χ0n) is 23.9. The summed E-state index contributed by atoms with van der Waals surface area (Å²) in [7, 11) is 0. The maximum absolute atomic E-state index is 12.6. The van der Waals surface area contributed by atoms with E-state index in [1.54, 1.807) is 11.8 Å². The molecule has 2 N–H and O–H groups in total. The molecular formula is C33H36N6OS. The lowest BCUT2D eigenvalue weighted by atomic mass is 10.0. The van der Waals surface area contributed by atoms with E-state index >= 15 is 0 Å². The largest absolute Gasteiger partial charge is 0.356 e. The molecule has 2 aliphatic heterocycles. The highest BCUT2D eigenvalue weighted by molar-refractivity contribution is 7.98. The summed E-state index contributed by atoms with van der Waals surface area (Å²) >= 11 is 1.75. The summed E-state index contributed by atoms with van der Waals surface area (Å²) in [6, 6.07) is 23.6. The van der Waals surface area contributed by atoms with E-state index in [2.05, 4.69) is 80.2 Å². The predicted molar refractivity (Wildman–Crippen MR) is 169 cm³/mol. The number of carbonyl (C=O) groups excluding carboxylic acids is 1. The normalized spacial score (nSPS) is 16.2. The molecule has 0 spiro atoms. The Balaban J connectivity index is 1.23. The lowest BCUT2D eigenvalue weighted by Gasteiger charge is -2.38. The first-order valence-electron chi connectivity index (χ1n) is 14.2. The zero-order chi connectivity index (χ0) is 28.3. The molecule has 210 valence electrons. The minimum absolute atomic E-state index is 0.0684. The Morgan fingerprint density at radius 3 is 2.41 bits per heavy atom. The first-order chi connectivity index (χ1) is 19.9. The molecule has 2 aromatic heterocycles. The number of nitrogens with one attached hydrogen (secondary N) is 2. The number of fused-ring (bicyclic) bond motifs is 1. The molecule has 2 aromatic carbocycles. The van der Waals surface area contributed by atoms with E-state index < -0.39 is 0 Å². The Hall–Kier alpha value is -3.88. The molecule has 41 heavy (non-hydrogen) atoms. The maximum atomic E-state index is 12.6. The number of nitrogens with zero attached hydrogens (tertiary/aromatic N) is 4. The minimum Gasteiger partial charge on any atom is -0.356 e. The van der Waals surface area contributed by atoms with Gasteiger partial charge in [0.25, 0.3) is 0 Å². The summed E-state index contributed by atoms with van der Waals surface area (Å²) in [5, 5.41) is 6.68. The van der Waals surface area contributed by atoms with E-state index in [1.807, 2.05) is 38.2 Å². The third kappa shape index (κ3) is 6.24. The molecule has 1 amide bonds. The summed E-state index contributed by atoms with van der Waals surface area (Å²) in [5.41, 5.74) is 8.34. The lowest BCUT2D eigenvalue weighted by Crippen LogP contribution is -2.46. The van der Waals surface area contributed by atoms with Gasteiger partial charge >= 0.3 is 0 Å². The van der Waals surface area contributed by atoms with Crippen LogP contribution in [0.2, 0.25) is 0 Å². The van der Waals surface area contributed by atoms with Gasteiger partial charge in [-0.25, -0.2) is 4.98 Å². The zero-order valence-corrected chi connectivity index (χ0v) is 24.7. The maximum Gasteiger partial charge on any atom is 0.238 e. The van der Waals surface area contributed by atoms with Gasteiger partial charge in [-0.05, 0) is 80.5 Å². The fourth-order valence-corrected chi connectivity index (χ4v) is 6.34. The average molecular weight is 565 g/mol. The Labute approximate surface area is 246 Å². The van der Waals surface area contributed by atoms with Gasteiger partial charge in [0.15, 0.2) is 0 Å². The number of aromatic nitrogens is 2. The van der Waals surface area contributed by atoms with Crippen LogP contribution in [0.3, 0.4) is 0 Å². The van der Waals surface area contributed by atoms with Crippen molar-refractivity contribution in [2.24, 2.45) is 0 Å². The lowest BCUT2D eigenvalue weighted by molar-refractivity contribution is -0.117. The van der Waals surface area contributed by atoms with Gasteiger partial charge in [-0.3, -0.25) is 14.7 Å². The van der Waals surface area contributed by atoms with Crippen molar-refractivity contribution in [1.29, 1.82) is 0 Å². The molecule has 2 aliphatic rings. The predicted octanol–water partition coefficient (Wildman–Crippen LogP) is 6.65. The van der Waals surface area contributed by atoms with Gasteiger partial charge in [0.2, 0.25) is 5.91 Å². The van der Waals surface area contributed by atoms with Crippen molar-refractivity contribution >= 4 is 40.5 Å². The van der Waals surface area contributed by atoms with Crippen molar-refractivity contribution in [2.75, 3.05) is 41.4 Å². The van der Waals surface area contributed by atoms with Crippen LogP contribution in [0.4, 0.5) is 22.9 Å². The number of rotatable bonds is 6. The topological polar surface area (TPSA) is 73.4 Å². The van der Waals surface area contributed by atoms with Crippen LogP contribution in [0, 0.1) is 13.8 Å². The van der Waals surface area contributed by atoms with Crippen LogP contribution in [0.15, 0.2) is 77.8 Å². The number of piperidine rings is 1. The highest BCUT2D eigenvalue weighted by Gasteiger charge is 2.29. The number of anilines is 4. The first kappa shape index (κ1) is 27.3. The highest BCUT2D eigenvalue weighted by atomic mass is 32.2. The van der Waals surface area contributed by atoms with Crippen LogP contribution >= 0.6 is 11.8 Å². The van der Waals surface area contributed by atoms with Gasteiger partial charge < -0.3 is 15.5 Å². The second-order valence-electron chi connectivity index (χ2n) is 10.9. The molecule has 0 saturated carbocycles. The van der Waals surface area contributed by atoms with Crippen molar-refractivity contribution < 1.29 is 4.79 Å². The molecule has 0 radical (unpaired) electrons. The fraction of sp³-hybridized carbons (Fsp3) is 0.303. The van der Waals surface area contributed by atoms with Gasteiger partial charge in [-0.15, -0.1) is 11.8 Å². The van der Waals surface area contributed by atoms with Gasteiger partial charge in [0, 0.05) is 58.9 Å². The molecule has 1 saturated heterocycles. The molecule has 1 fully saturated rings. The minimum atomic E-state index is 0.0684. The number of amides is 1. The van der Waals surface area contributed by atoms with Crippen molar-refractivity contribution in [1.82, 2.24) is 14.9 Å². The van der Waals surface area contributed by atoms with Gasteiger partial charge in [-0.1, -0.05) is 30.3 Å². The van der Waals surface area contributed by atoms with Crippen molar-refractivity contribution in [3.63, 3.8) is 0 Å². The van der Waals surface area contributed by atoms with Crippen LogP contribution in [0.5, 0.6) is 0 Å². The number of aryl methyl sites for hydroxylation is 2. The third-order valence-corrected chi connectivity index (χ3v) is 8.71. The van der Waals surface area contributed by atoms with Crippen LogP contribution < -0.4 is 15.5 Å². The van der Waals surface area contributed by atoms with Crippen LogP contribution in [-0.4, -0.2) is 52.7 Å². The van der Waals surface area contributed by atoms with Gasteiger partial charge in [0.1, 0.15) is 5.82 Å². The molecular weight excluding hydrogens is 528 g/mol. The van der Waals surface area contributed by atoms with Crippen molar-refractivity contribution in [2.45, 2.75) is 44.2 Å². The number of para-hydroxylation sites is 1. The molecule has 0 atom stereocenters. The van der Waals surface area contributed by atoms with E-state index in [4.69, 9.17) is 4.98 Å².